The predicted molar refractivity (Wildman–Crippen MR) is 71.9 cm³/mol. The molecule has 0 aliphatic carbocycles. The lowest BCUT2D eigenvalue weighted by atomic mass is 10.1. The van der Waals surface area contributed by atoms with Crippen molar-refractivity contribution >= 4 is 17.6 Å². The lowest BCUT2D eigenvalue weighted by molar-refractivity contribution is -0.141. The molecule has 1 unspecified atom stereocenters. The minimum absolute atomic E-state index is 0.0278. The highest BCUT2D eigenvalue weighted by Gasteiger charge is 2.18. The van der Waals surface area contributed by atoms with Crippen molar-refractivity contribution in [3.05, 3.63) is 29.3 Å². The molecule has 102 valence electrons. The molecule has 5 nitrogen and oxygen atoms in total. The molecular formula is C14H18N2O3. The van der Waals surface area contributed by atoms with Crippen molar-refractivity contribution in [3.63, 3.8) is 0 Å². The van der Waals surface area contributed by atoms with E-state index in [1.165, 1.54) is 0 Å². The van der Waals surface area contributed by atoms with E-state index in [0.717, 1.165) is 16.8 Å². The van der Waals surface area contributed by atoms with E-state index in [0.29, 0.717) is 19.5 Å². The molecule has 2 rings (SSSR count). The Bertz CT molecular complexity index is 513. The maximum Gasteiger partial charge on any atom is 0.307 e. The summed E-state index contributed by atoms with van der Waals surface area (Å²) in [7, 11) is 1.90. The van der Waals surface area contributed by atoms with Crippen LogP contribution in [0.1, 0.15) is 18.1 Å². The topological polar surface area (TPSA) is 69.6 Å². The van der Waals surface area contributed by atoms with Crippen molar-refractivity contribution in [3.8, 4) is 0 Å². The zero-order chi connectivity index (χ0) is 14.0. The number of nitrogens with one attached hydrogen (secondary N) is 1. The van der Waals surface area contributed by atoms with Crippen LogP contribution in [-0.2, 0) is 22.6 Å². The highest BCUT2D eigenvalue weighted by Crippen LogP contribution is 2.24. The zero-order valence-electron chi connectivity index (χ0n) is 11.1. The lowest BCUT2D eigenvalue weighted by Crippen LogP contribution is -2.28. The number of amides is 1. The van der Waals surface area contributed by atoms with Crippen molar-refractivity contribution in [1.82, 2.24) is 4.90 Å². The second-order valence-corrected chi connectivity index (χ2v) is 5.15. The van der Waals surface area contributed by atoms with Crippen LogP contribution in [0.15, 0.2) is 18.2 Å². The summed E-state index contributed by atoms with van der Waals surface area (Å²) in [6.45, 7) is 2.88. The number of nitrogens with zero attached hydrogens (tertiary/aromatic N) is 1. The van der Waals surface area contributed by atoms with Gasteiger partial charge in [0, 0.05) is 18.8 Å². The third-order valence-electron chi connectivity index (χ3n) is 3.25. The molecule has 1 aliphatic rings. The fourth-order valence-electron chi connectivity index (χ4n) is 2.30. The van der Waals surface area contributed by atoms with Crippen molar-refractivity contribution in [2.24, 2.45) is 5.92 Å². The van der Waals surface area contributed by atoms with Gasteiger partial charge in [0.2, 0.25) is 5.91 Å². The number of carbonyl (C=O) groups excluding carboxylic acids is 1. The van der Waals surface area contributed by atoms with Crippen LogP contribution in [-0.4, -0.2) is 35.5 Å². The largest absolute Gasteiger partial charge is 0.481 e. The van der Waals surface area contributed by atoms with Gasteiger partial charge in [-0.15, -0.1) is 0 Å². The van der Waals surface area contributed by atoms with Gasteiger partial charge < -0.3 is 15.3 Å². The number of benzene rings is 1. The normalized spacial score (nSPS) is 15.2. The molecule has 0 fully saturated rings. The van der Waals surface area contributed by atoms with E-state index >= 15 is 0 Å². The summed E-state index contributed by atoms with van der Waals surface area (Å²) in [5.74, 6) is -1.14. The van der Waals surface area contributed by atoms with Crippen LogP contribution in [0.25, 0.3) is 0 Å². The van der Waals surface area contributed by atoms with Gasteiger partial charge in [0.1, 0.15) is 0 Å². The first-order valence-electron chi connectivity index (χ1n) is 6.28. The van der Waals surface area contributed by atoms with Crippen molar-refractivity contribution in [2.45, 2.75) is 19.9 Å². The summed E-state index contributed by atoms with van der Waals surface area (Å²) < 4.78 is 0. The summed E-state index contributed by atoms with van der Waals surface area (Å²) >= 11 is 0. The first-order valence-corrected chi connectivity index (χ1v) is 6.28. The Hall–Kier alpha value is -1.88. The van der Waals surface area contributed by atoms with Gasteiger partial charge in [-0.05, 0) is 24.2 Å². The minimum atomic E-state index is -0.782. The Kier molecular flexibility index (Phi) is 3.85. The van der Waals surface area contributed by atoms with Crippen molar-refractivity contribution < 1.29 is 14.7 Å². The zero-order valence-corrected chi connectivity index (χ0v) is 11.1. The quantitative estimate of drug-likeness (QED) is 0.840. The SMILES string of the molecule is CC(CN(C)Cc1ccc2c(c1)CC(=O)N2)C(=O)O. The first kappa shape index (κ1) is 13.5. The summed E-state index contributed by atoms with van der Waals surface area (Å²) in [6, 6.07) is 5.88. The monoisotopic (exact) mass is 262 g/mol. The number of carbonyl (C=O) groups is 2. The molecule has 1 aliphatic heterocycles. The van der Waals surface area contributed by atoms with Gasteiger partial charge in [-0.25, -0.2) is 0 Å². The van der Waals surface area contributed by atoms with Gasteiger partial charge in [-0.1, -0.05) is 19.1 Å². The van der Waals surface area contributed by atoms with Crippen LogP contribution >= 0.6 is 0 Å². The van der Waals surface area contributed by atoms with E-state index in [-0.39, 0.29) is 11.8 Å². The molecule has 0 spiro atoms. The van der Waals surface area contributed by atoms with Gasteiger partial charge in [-0.3, -0.25) is 9.59 Å². The van der Waals surface area contributed by atoms with Gasteiger partial charge in [0.05, 0.1) is 12.3 Å². The number of hydrogen-bond donors (Lipinski definition) is 2. The molecule has 1 amide bonds. The van der Waals surface area contributed by atoms with E-state index in [4.69, 9.17) is 5.11 Å². The molecule has 1 aromatic rings. The van der Waals surface area contributed by atoms with Crippen LogP contribution < -0.4 is 5.32 Å². The molecule has 0 aromatic heterocycles. The number of carboxylic acid groups (broad SMARTS) is 1. The number of carboxylic acids is 1. The minimum Gasteiger partial charge on any atom is -0.481 e. The number of fused-ring (bicyclic) bond motifs is 1. The lowest BCUT2D eigenvalue weighted by Gasteiger charge is -2.19. The fourth-order valence-corrected chi connectivity index (χ4v) is 2.30. The summed E-state index contributed by atoms with van der Waals surface area (Å²) in [5.41, 5.74) is 2.99. The maximum atomic E-state index is 11.3. The van der Waals surface area contributed by atoms with Crippen LogP contribution in [0.2, 0.25) is 0 Å². The smallest absolute Gasteiger partial charge is 0.307 e. The Morgan fingerprint density at radius 2 is 2.26 bits per heavy atom. The van der Waals surface area contributed by atoms with Crippen LogP contribution in [0.5, 0.6) is 0 Å². The van der Waals surface area contributed by atoms with E-state index in [9.17, 15) is 9.59 Å². The summed E-state index contributed by atoms with van der Waals surface area (Å²) in [5, 5.41) is 11.7. The number of hydrogen-bond acceptors (Lipinski definition) is 3. The average molecular weight is 262 g/mol. The second-order valence-electron chi connectivity index (χ2n) is 5.15. The molecule has 1 atom stereocenters. The fraction of sp³-hybridized carbons (Fsp3) is 0.429. The standard InChI is InChI=1S/C14H18N2O3/c1-9(14(18)19)7-16(2)8-10-3-4-12-11(5-10)6-13(17)15-12/h3-5,9H,6-8H2,1-2H3,(H,15,17)(H,18,19). The summed E-state index contributed by atoms with van der Waals surface area (Å²) in [6.07, 6.45) is 0.429. The molecule has 1 aromatic carbocycles. The highest BCUT2D eigenvalue weighted by atomic mass is 16.4. The van der Waals surface area contributed by atoms with Crippen LogP contribution in [0.4, 0.5) is 5.69 Å². The van der Waals surface area contributed by atoms with Crippen LogP contribution in [0.3, 0.4) is 0 Å². The molecular weight excluding hydrogens is 244 g/mol. The molecule has 0 radical (unpaired) electrons. The van der Waals surface area contributed by atoms with E-state index in [1.807, 2.05) is 30.1 Å². The Balaban J connectivity index is 1.98. The average Bonchev–Trinajstić information content (AvgIpc) is 2.68. The number of aliphatic carboxylic acids is 1. The van der Waals surface area contributed by atoms with Gasteiger partial charge >= 0.3 is 5.97 Å². The number of rotatable bonds is 5. The number of anilines is 1. The molecule has 19 heavy (non-hydrogen) atoms. The van der Waals surface area contributed by atoms with Gasteiger partial charge in [0.25, 0.3) is 0 Å². The molecule has 0 bridgehead atoms. The van der Waals surface area contributed by atoms with Crippen molar-refractivity contribution in [2.75, 3.05) is 18.9 Å². The third kappa shape index (κ3) is 3.32. The Morgan fingerprint density at radius 1 is 1.53 bits per heavy atom. The van der Waals surface area contributed by atoms with Gasteiger partial charge in [0.15, 0.2) is 0 Å². The van der Waals surface area contributed by atoms with E-state index in [2.05, 4.69) is 5.32 Å². The van der Waals surface area contributed by atoms with Crippen LogP contribution in [0, 0.1) is 5.92 Å². The molecule has 1 heterocycles. The first-order chi connectivity index (χ1) is 8.95. The predicted octanol–water partition coefficient (Wildman–Crippen LogP) is 1.33. The Labute approximate surface area is 112 Å². The van der Waals surface area contributed by atoms with Crippen molar-refractivity contribution in [1.29, 1.82) is 0 Å². The molecule has 0 saturated carbocycles. The summed E-state index contributed by atoms with van der Waals surface area (Å²) in [4.78, 5) is 24.0. The second kappa shape index (κ2) is 5.40. The highest BCUT2D eigenvalue weighted by molar-refractivity contribution is 5.99. The van der Waals surface area contributed by atoms with E-state index < -0.39 is 5.97 Å². The maximum absolute atomic E-state index is 11.3. The third-order valence-corrected chi connectivity index (χ3v) is 3.25. The molecule has 0 saturated heterocycles. The molecule has 2 N–H and O–H groups in total. The Morgan fingerprint density at radius 3 is 2.95 bits per heavy atom. The molecule has 5 heteroatoms. The van der Waals surface area contributed by atoms with E-state index in [1.54, 1.807) is 6.92 Å². The van der Waals surface area contributed by atoms with Gasteiger partial charge in [-0.2, -0.15) is 0 Å².